The largest absolute Gasteiger partial charge is 0.395 e. The highest BCUT2D eigenvalue weighted by atomic mass is 16.6. The summed E-state index contributed by atoms with van der Waals surface area (Å²) in [4.78, 5) is 27.3. The third-order valence-electron chi connectivity index (χ3n) is 4.87. The van der Waals surface area contributed by atoms with E-state index in [1.165, 1.54) is 6.07 Å². The third kappa shape index (κ3) is 3.51. The van der Waals surface area contributed by atoms with E-state index < -0.39 is 0 Å². The molecular formula is C17H23N3O4. The molecule has 3 rings (SSSR count). The Morgan fingerprint density at radius 3 is 2.50 bits per heavy atom. The number of piperidine rings is 1. The summed E-state index contributed by atoms with van der Waals surface area (Å²) in [6.07, 6.45) is 3.45. The Morgan fingerprint density at radius 1 is 1.25 bits per heavy atom. The van der Waals surface area contributed by atoms with E-state index in [4.69, 9.17) is 5.11 Å². The summed E-state index contributed by atoms with van der Waals surface area (Å²) < 4.78 is 0. The number of rotatable bonds is 6. The van der Waals surface area contributed by atoms with Gasteiger partial charge < -0.3 is 14.9 Å². The molecule has 1 aliphatic carbocycles. The van der Waals surface area contributed by atoms with E-state index in [0.29, 0.717) is 44.2 Å². The van der Waals surface area contributed by atoms with Crippen molar-refractivity contribution in [3.63, 3.8) is 0 Å². The molecule has 1 aromatic rings. The summed E-state index contributed by atoms with van der Waals surface area (Å²) in [6, 6.07) is 7.05. The molecule has 0 unspecified atom stereocenters. The predicted octanol–water partition coefficient (Wildman–Crippen LogP) is 1.79. The molecule has 1 aliphatic heterocycles. The maximum atomic E-state index is 12.7. The van der Waals surface area contributed by atoms with Crippen LogP contribution in [0.25, 0.3) is 0 Å². The number of hydrogen-bond donors (Lipinski definition) is 1. The van der Waals surface area contributed by atoms with Crippen LogP contribution in [0.3, 0.4) is 0 Å². The molecule has 0 spiro atoms. The minimum absolute atomic E-state index is 0.00268. The topological polar surface area (TPSA) is 86.9 Å². The van der Waals surface area contributed by atoms with Crippen LogP contribution >= 0.6 is 0 Å². The lowest BCUT2D eigenvalue weighted by atomic mass is 9.94. The smallest absolute Gasteiger partial charge is 0.292 e. The summed E-state index contributed by atoms with van der Waals surface area (Å²) in [6.45, 7) is 1.68. The van der Waals surface area contributed by atoms with Crippen molar-refractivity contribution in [2.45, 2.75) is 31.7 Å². The van der Waals surface area contributed by atoms with Crippen LogP contribution in [0.5, 0.6) is 0 Å². The second-order valence-electron chi connectivity index (χ2n) is 6.49. The number of para-hydroxylation sites is 2. The molecule has 0 radical (unpaired) electrons. The first-order chi connectivity index (χ1) is 11.6. The molecule has 7 nitrogen and oxygen atoms in total. The average molecular weight is 333 g/mol. The van der Waals surface area contributed by atoms with Crippen LogP contribution in [-0.4, -0.2) is 53.1 Å². The third-order valence-corrected chi connectivity index (χ3v) is 4.87. The van der Waals surface area contributed by atoms with Gasteiger partial charge in [0.1, 0.15) is 5.69 Å². The van der Waals surface area contributed by atoms with Gasteiger partial charge in [0, 0.05) is 37.7 Å². The van der Waals surface area contributed by atoms with E-state index in [9.17, 15) is 14.9 Å². The summed E-state index contributed by atoms with van der Waals surface area (Å²) in [7, 11) is 0. The highest BCUT2D eigenvalue weighted by molar-refractivity contribution is 5.80. The molecule has 0 atom stereocenters. The Balaban J connectivity index is 1.63. The zero-order valence-corrected chi connectivity index (χ0v) is 13.6. The van der Waals surface area contributed by atoms with Crippen molar-refractivity contribution in [1.82, 2.24) is 4.90 Å². The monoisotopic (exact) mass is 333 g/mol. The number of nitro groups is 1. The first-order valence-electron chi connectivity index (χ1n) is 8.51. The van der Waals surface area contributed by atoms with Crippen molar-refractivity contribution in [3.05, 3.63) is 34.4 Å². The maximum Gasteiger partial charge on any atom is 0.292 e. The Labute approximate surface area is 141 Å². The van der Waals surface area contributed by atoms with Gasteiger partial charge in [-0.1, -0.05) is 12.1 Å². The van der Waals surface area contributed by atoms with Gasteiger partial charge in [0.05, 0.1) is 11.5 Å². The molecular weight excluding hydrogens is 310 g/mol. The molecule has 1 N–H and O–H groups in total. The second kappa shape index (κ2) is 7.17. The lowest BCUT2D eigenvalue weighted by Gasteiger charge is -2.35. The fourth-order valence-electron chi connectivity index (χ4n) is 3.45. The predicted molar refractivity (Wildman–Crippen MR) is 89.9 cm³/mol. The van der Waals surface area contributed by atoms with E-state index in [-0.39, 0.29) is 29.0 Å². The first-order valence-corrected chi connectivity index (χ1v) is 8.51. The van der Waals surface area contributed by atoms with Gasteiger partial charge in [-0.05, 0) is 31.7 Å². The van der Waals surface area contributed by atoms with Crippen molar-refractivity contribution in [2.75, 3.05) is 31.1 Å². The van der Waals surface area contributed by atoms with Crippen molar-refractivity contribution < 1.29 is 14.8 Å². The highest BCUT2D eigenvalue weighted by Gasteiger charge is 2.37. The van der Waals surface area contributed by atoms with E-state index in [0.717, 1.165) is 12.8 Å². The minimum atomic E-state index is -0.358. The molecule has 2 fully saturated rings. The Hall–Kier alpha value is -2.15. The maximum absolute atomic E-state index is 12.7. The molecule has 0 bridgehead atoms. The zero-order valence-electron chi connectivity index (χ0n) is 13.6. The SMILES string of the molecule is O=C(C1CCN(c2ccccc2[N+](=O)[O-])CC1)N(CCO)C1CC1. The minimum Gasteiger partial charge on any atom is -0.395 e. The van der Waals surface area contributed by atoms with Gasteiger partial charge in [-0.2, -0.15) is 0 Å². The second-order valence-corrected chi connectivity index (χ2v) is 6.49. The summed E-state index contributed by atoms with van der Waals surface area (Å²) in [5.74, 6) is 0.0879. The number of anilines is 1. The van der Waals surface area contributed by atoms with E-state index in [2.05, 4.69) is 0 Å². The number of aliphatic hydroxyl groups is 1. The number of nitro benzene ring substituents is 1. The standard InChI is InChI=1S/C17H23N3O4/c21-12-11-19(14-5-6-14)17(22)13-7-9-18(10-8-13)15-3-1-2-4-16(15)20(23)24/h1-4,13-14,21H,5-12H2. The van der Waals surface area contributed by atoms with Crippen LogP contribution in [0, 0.1) is 16.0 Å². The van der Waals surface area contributed by atoms with Gasteiger partial charge in [-0.3, -0.25) is 14.9 Å². The lowest BCUT2D eigenvalue weighted by molar-refractivity contribution is -0.384. The molecule has 1 amide bonds. The van der Waals surface area contributed by atoms with Gasteiger partial charge >= 0.3 is 0 Å². The number of aliphatic hydroxyl groups excluding tert-OH is 1. The molecule has 1 saturated carbocycles. The number of benzene rings is 1. The number of carbonyl (C=O) groups excluding carboxylic acids is 1. The van der Waals surface area contributed by atoms with Crippen LogP contribution in [0.2, 0.25) is 0 Å². The van der Waals surface area contributed by atoms with Crippen molar-refractivity contribution in [2.24, 2.45) is 5.92 Å². The first kappa shape index (κ1) is 16.7. The number of amides is 1. The van der Waals surface area contributed by atoms with Crippen molar-refractivity contribution in [3.8, 4) is 0 Å². The van der Waals surface area contributed by atoms with Crippen molar-refractivity contribution in [1.29, 1.82) is 0 Å². The Bertz CT molecular complexity index is 610. The van der Waals surface area contributed by atoms with Crippen LogP contribution in [0.1, 0.15) is 25.7 Å². The normalized spacial score (nSPS) is 18.5. The number of nitrogens with zero attached hydrogens (tertiary/aromatic N) is 3. The lowest BCUT2D eigenvalue weighted by Crippen LogP contribution is -2.44. The van der Waals surface area contributed by atoms with Crippen LogP contribution in [-0.2, 0) is 4.79 Å². The van der Waals surface area contributed by atoms with E-state index >= 15 is 0 Å². The van der Waals surface area contributed by atoms with Gasteiger partial charge in [-0.25, -0.2) is 0 Å². The highest BCUT2D eigenvalue weighted by Crippen LogP contribution is 2.33. The van der Waals surface area contributed by atoms with Gasteiger partial charge in [0.15, 0.2) is 0 Å². The van der Waals surface area contributed by atoms with Gasteiger partial charge in [0.2, 0.25) is 5.91 Å². The number of carbonyl (C=O) groups is 1. The molecule has 24 heavy (non-hydrogen) atoms. The fraction of sp³-hybridized carbons (Fsp3) is 0.588. The van der Waals surface area contributed by atoms with Crippen LogP contribution in [0.15, 0.2) is 24.3 Å². The fourth-order valence-corrected chi connectivity index (χ4v) is 3.45. The molecule has 2 aliphatic rings. The summed E-state index contributed by atoms with van der Waals surface area (Å²) in [5, 5.41) is 20.3. The molecule has 1 heterocycles. The quantitative estimate of drug-likeness (QED) is 0.633. The molecule has 1 aromatic carbocycles. The van der Waals surface area contributed by atoms with Gasteiger partial charge in [0.25, 0.3) is 5.69 Å². The Morgan fingerprint density at radius 2 is 1.92 bits per heavy atom. The Kier molecular flexibility index (Phi) is 4.99. The van der Waals surface area contributed by atoms with E-state index in [1.54, 1.807) is 18.2 Å². The van der Waals surface area contributed by atoms with Crippen molar-refractivity contribution >= 4 is 17.3 Å². The van der Waals surface area contributed by atoms with Gasteiger partial charge in [-0.15, -0.1) is 0 Å². The van der Waals surface area contributed by atoms with E-state index in [1.807, 2.05) is 9.80 Å². The molecule has 7 heteroatoms. The molecule has 130 valence electrons. The summed E-state index contributed by atoms with van der Waals surface area (Å²) in [5.41, 5.74) is 0.741. The molecule has 1 saturated heterocycles. The van der Waals surface area contributed by atoms with Crippen LogP contribution in [0.4, 0.5) is 11.4 Å². The average Bonchev–Trinajstić information content (AvgIpc) is 3.44. The zero-order chi connectivity index (χ0) is 17.1. The summed E-state index contributed by atoms with van der Waals surface area (Å²) >= 11 is 0. The van der Waals surface area contributed by atoms with Crippen LogP contribution < -0.4 is 4.90 Å². The number of hydrogen-bond acceptors (Lipinski definition) is 5. The molecule has 0 aromatic heterocycles.